The molecular formula is C13H12Cl3N3. The molecule has 0 unspecified atom stereocenters. The molecule has 0 atom stereocenters. The van der Waals surface area contributed by atoms with Crippen molar-refractivity contribution in [3.63, 3.8) is 0 Å². The molecule has 19 heavy (non-hydrogen) atoms. The third-order valence-electron chi connectivity index (χ3n) is 3.14. The number of nitrogens with zero attached hydrogens (tertiary/aromatic N) is 2. The van der Waals surface area contributed by atoms with Crippen LogP contribution < -0.4 is 5.32 Å². The maximum atomic E-state index is 6.14. The molecule has 0 radical (unpaired) electrons. The molecule has 1 N–H and O–H groups in total. The molecule has 0 bridgehead atoms. The lowest BCUT2D eigenvalue weighted by Gasteiger charge is -2.12. The monoisotopic (exact) mass is 315 g/mol. The molecule has 100 valence electrons. The van der Waals surface area contributed by atoms with Crippen molar-refractivity contribution in [2.45, 2.75) is 25.4 Å². The van der Waals surface area contributed by atoms with E-state index in [2.05, 4.69) is 14.9 Å². The second-order valence-corrected chi connectivity index (χ2v) is 5.87. The van der Waals surface area contributed by atoms with Crippen molar-refractivity contribution >= 4 is 40.5 Å². The van der Waals surface area contributed by atoms with Gasteiger partial charge in [0.05, 0.1) is 34.3 Å². The van der Waals surface area contributed by atoms with Crippen LogP contribution in [0.2, 0.25) is 15.1 Å². The largest absolute Gasteiger partial charge is 0.377 e. The molecule has 1 aliphatic carbocycles. The Kier molecular flexibility index (Phi) is 3.61. The first kappa shape index (κ1) is 13.1. The highest BCUT2D eigenvalue weighted by atomic mass is 35.5. The van der Waals surface area contributed by atoms with Crippen molar-refractivity contribution in [1.82, 2.24) is 9.55 Å². The smallest absolute Gasteiger partial charge is 0.0951 e. The molecule has 6 heteroatoms. The summed E-state index contributed by atoms with van der Waals surface area (Å²) >= 11 is 18.2. The van der Waals surface area contributed by atoms with E-state index in [0.717, 1.165) is 5.69 Å². The van der Waals surface area contributed by atoms with Crippen molar-refractivity contribution in [2.75, 3.05) is 5.32 Å². The molecule has 2 aromatic rings. The van der Waals surface area contributed by atoms with Gasteiger partial charge in [0.2, 0.25) is 0 Å². The van der Waals surface area contributed by atoms with E-state index in [4.69, 9.17) is 34.8 Å². The van der Waals surface area contributed by atoms with Crippen LogP contribution >= 0.6 is 34.8 Å². The van der Waals surface area contributed by atoms with Crippen LogP contribution in [0, 0.1) is 0 Å². The van der Waals surface area contributed by atoms with E-state index < -0.39 is 0 Å². The summed E-state index contributed by atoms with van der Waals surface area (Å²) in [5.41, 5.74) is 1.83. The fourth-order valence-electron chi connectivity index (χ4n) is 2.04. The fourth-order valence-corrected chi connectivity index (χ4v) is 2.99. The first-order chi connectivity index (χ1) is 9.15. The normalized spacial score (nSPS) is 14.7. The van der Waals surface area contributed by atoms with Gasteiger partial charge in [-0.25, -0.2) is 4.98 Å². The number of aromatic nitrogens is 2. The molecular weight excluding hydrogens is 305 g/mol. The second-order valence-electron chi connectivity index (χ2n) is 4.62. The molecule has 3 nitrogen and oxygen atoms in total. The number of hydrogen-bond acceptors (Lipinski definition) is 2. The zero-order chi connectivity index (χ0) is 13.4. The van der Waals surface area contributed by atoms with Crippen molar-refractivity contribution in [3.05, 3.63) is 45.4 Å². The summed E-state index contributed by atoms with van der Waals surface area (Å²) in [4.78, 5) is 4.19. The number of imidazole rings is 1. The van der Waals surface area contributed by atoms with Gasteiger partial charge >= 0.3 is 0 Å². The third kappa shape index (κ3) is 2.83. The Balaban J connectivity index is 1.77. The van der Waals surface area contributed by atoms with Gasteiger partial charge in [0.1, 0.15) is 0 Å². The Morgan fingerprint density at radius 3 is 2.53 bits per heavy atom. The Labute approximate surface area is 126 Å². The van der Waals surface area contributed by atoms with Gasteiger partial charge in [0.15, 0.2) is 0 Å². The van der Waals surface area contributed by atoms with E-state index in [1.807, 2.05) is 12.5 Å². The lowest BCUT2D eigenvalue weighted by Crippen LogP contribution is -2.06. The van der Waals surface area contributed by atoms with E-state index >= 15 is 0 Å². The van der Waals surface area contributed by atoms with Crippen LogP contribution in [-0.4, -0.2) is 9.55 Å². The van der Waals surface area contributed by atoms with Gasteiger partial charge in [-0.05, 0) is 25.0 Å². The molecule has 1 heterocycles. The molecule has 1 aromatic carbocycles. The minimum absolute atomic E-state index is 0.523. The van der Waals surface area contributed by atoms with E-state index in [-0.39, 0.29) is 0 Å². The van der Waals surface area contributed by atoms with E-state index in [1.54, 1.807) is 12.1 Å². The Morgan fingerprint density at radius 1 is 1.21 bits per heavy atom. The molecule has 1 saturated carbocycles. The predicted molar refractivity (Wildman–Crippen MR) is 79.3 cm³/mol. The highest BCUT2D eigenvalue weighted by Crippen LogP contribution is 2.37. The average Bonchev–Trinajstić information content (AvgIpc) is 3.08. The number of nitrogens with one attached hydrogen (secondary N) is 1. The lowest BCUT2D eigenvalue weighted by molar-refractivity contribution is 0.701. The number of benzene rings is 1. The van der Waals surface area contributed by atoms with Crippen LogP contribution in [0.25, 0.3) is 0 Å². The number of anilines is 1. The Bertz CT molecular complexity index is 582. The zero-order valence-corrected chi connectivity index (χ0v) is 12.3. The summed E-state index contributed by atoms with van der Waals surface area (Å²) in [6.07, 6.45) is 6.19. The van der Waals surface area contributed by atoms with Gasteiger partial charge in [0.25, 0.3) is 0 Å². The van der Waals surface area contributed by atoms with Gasteiger partial charge in [-0.2, -0.15) is 0 Å². The molecule has 0 saturated heterocycles. The lowest BCUT2D eigenvalue weighted by atomic mass is 10.3. The zero-order valence-electron chi connectivity index (χ0n) is 10.0. The highest BCUT2D eigenvalue weighted by molar-refractivity contribution is 6.41. The van der Waals surface area contributed by atoms with E-state index in [1.165, 1.54) is 12.8 Å². The van der Waals surface area contributed by atoms with Crippen LogP contribution in [-0.2, 0) is 6.54 Å². The van der Waals surface area contributed by atoms with Crippen LogP contribution in [0.5, 0.6) is 0 Å². The molecule has 1 fully saturated rings. The summed E-state index contributed by atoms with van der Waals surface area (Å²) in [6.45, 7) is 0.636. The first-order valence-electron chi connectivity index (χ1n) is 6.04. The number of halogens is 3. The van der Waals surface area contributed by atoms with Gasteiger partial charge in [0, 0.05) is 17.3 Å². The standard InChI is InChI=1S/C13H12Cl3N3/c14-8-3-11(15)13(12(16)4-8)18-6-10-5-17-7-19(10)9-1-2-9/h3-5,7,9,18H,1-2,6H2. The van der Waals surface area contributed by atoms with Gasteiger partial charge < -0.3 is 9.88 Å². The minimum atomic E-state index is 0.523. The van der Waals surface area contributed by atoms with Crippen molar-refractivity contribution in [1.29, 1.82) is 0 Å². The molecule has 0 amide bonds. The summed E-state index contributed by atoms with van der Waals surface area (Å²) < 4.78 is 2.20. The maximum absolute atomic E-state index is 6.14. The van der Waals surface area contributed by atoms with Crippen LogP contribution in [0.3, 0.4) is 0 Å². The van der Waals surface area contributed by atoms with E-state index in [0.29, 0.717) is 33.3 Å². The predicted octanol–water partition coefficient (Wildman–Crippen LogP) is 4.79. The maximum Gasteiger partial charge on any atom is 0.0951 e. The first-order valence-corrected chi connectivity index (χ1v) is 7.17. The van der Waals surface area contributed by atoms with E-state index in [9.17, 15) is 0 Å². The summed E-state index contributed by atoms with van der Waals surface area (Å²) in [5, 5.41) is 4.83. The Hall–Kier alpha value is -0.900. The summed E-state index contributed by atoms with van der Waals surface area (Å²) in [7, 11) is 0. The van der Waals surface area contributed by atoms with Gasteiger partial charge in [-0.15, -0.1) is 0 Å². The highest BCUT2D eigenvalue weighted by Gasteiger charge is 2.25. The van der Waals surface area contributed by atoms with Crippen molar-refractivity contribution in [3.8, 4) is 0 Å². The van der Waals surface area contributed by atoms with Crippen molar-refractivity contribution in [2.24, 2.45) is 0 Å². The molecule has 1 aromatic heterocycles. The van der Waals surface area contributed by atoms with Gasteiger partial charge in [-0.1, -0.05) is 34.8 Å². The SMILES string of the molecule is Clc1cc(Cl)c(NCc2cncn2C2CC2)c(Cl)c1. The average molecular weight is 317 g/mol. The van der Waals surface area contributed by atoms with Crippen LogP contribution in [0.1, 0.15) is 24.6 Å². The summed E-state index contributed by atoms with van der Waals surface area (Å²) in [5.74, 6) is 0. The number of hydrogen-bond donors (Lipinski definition) is 1. The molecule has 3 rings (SSSR count). The van der Waals surface area contributed by atoms with Gasteiger partial charge in [-0.3, -0.25) is 0 Å². The third-order valence-corrected chi connectivity index (χ3v) is 3.95. The topological polar surface area (TPSA) is 29.9 Å². The fraction of sp³-hybridized carbons (Fsp3) is 0.308. The second kappa shape index (κ2) is 5.23. The molecule has 0 aliphatic heterocycles. The Morgan fingerprint density at radius 2 is 1.89 bits per heavy atom. The van der Waals surface area contributed by atoms with Crippen molar-refractivity contribution < 1.29 is 0 Å². The minimum Gasteiger partial charge on any atom is -0.377 e. The molecule has 0 spiro atoms. The van der Waals surface area contributed by atoms with Crippen LogP contribution in [0.15, 0.2) is 24.7 Å². The number of rotatable bonds is 4. The van der Waals surface area contributed by atoms with Crippen LogP contribution in [0.4, 0.5) is 5.69 Å². The summed E-state index contributed by atoms with van der Waals surface area (Å²) in [6, 6.07) is 3.96. The molecule has 1 aliphatic rings. The quantitative estimate of drug-likeness (QED) is 0.879.